The standard InChI is InChI=1S/C15H20N4/c1-11-10-12-6-5-7-13(14(12)17-15(11)18-16)19-8-3-2-4-9-19/h5-7,10H,2-4,8-9,16H2,1H3,(H,17,18). The van der Waals surface area contributed by atoms with Crippen LogP contribution in [0.15, 0.2) is 24.3 Å². The van der Waals surface area contributed by atoms with Gasteiger partial charge in [0.15, 0.2) is 0 Å². The highest BCUT2D eigenvalue weighted by molar-refractivity contribution is 5.92. The van der Waals surface area contributed by atoms with Gasteiger partial charge in [0.2, 0.25) is 0 Å². The fourth-order valence-electron chi connectivity index (χ4n) is 2.82. The first-order chi connectivity index (χ1) is 9.29. The second kappa shape index (κ2) is 5.05. The molecule has 1 fully saturated rings. The van der Waals surface area contributed by atoms with Crippen LogP contribution in [0.2, 0.25) is 0 Å². The van der Waals surface area contributed by atoms with E-state index < -0.39 is 0 Å². The molecule has 0 amide bonds. The van der Waals surface area contributed by atoms with Gasteiger partial charge in [-0.3, -0.25) is 0 Å². The number of nitrogen functional groups attached to an aromatic ring is 1. The van der Waals surface area contributed by atoms with Crippen molar-refractivity contribution in [3.05, 3.63) is 29.8 Å². The molecule has 4 nitrogen and oxygen atoms in total. The lowest BCUT2D eigenvalue weighted by molar-refractivity contribution is 0.579. The first kappa shape index (κ1) is 12.2. The molecule has 1 saturated heterocycles. The van der Waals surface area contributed by atoms with Gasteiger partial charge in [-0.05, 0) is 43.9 Å². The van der Waals surface area contributed by atoms with Crippen molar-refractivity contribution in [3.63, 3.8) is 0 Å². The molecule has 1 aromatic carbocycles. The molecule has 1 aromatic heterocycles. The normalized spacial score (nSPS) is 15.8. The van der Waals surface area contributed by atoms with Crippen LogP contribution in [0.1, 0.15) is 24.8 Å². The number of aromatic nitrogens is 1. The molecule has 3 rings (SSSR count). The van der Waals surface area contributed by atoms with Gasteiger partial charge in [0.1, 0.15) is 5.82 Å². The molecule has 0 aliphatic carbocycles. The van der Waals surface area contributed by atoms with Crippen molar-refractivity contribution < 1.29 is 0 Å². The van der Waals surface area contributed by atoms with Crippen LogP contribution in [0.25, 0.3) is 10.9 Å². The van der Waals surface area contributed by atoms with Gasteiger partial charge in [0, 0.05) is 18.5 Å². The van der Waals surface area contributed by atoms with Crippen LogP contribution in [0, 0.1) is 6.92 Å². The smallest absolute Gasteiger partial charge is 0.143 e. The Bertz CT molecular complexity index is 588. The average Bonchev–Trinajstić information content (AvgIpc) is 2.46. The van der Waals surface area contributed by atoms with E-state index in [1.807, 2.05) is 6.92 Å². The van der Waals surface area contributed by atoms with E-state index in [1.165, 1.54) is 30.3 Å². The Labute approximate surface area is 113 Å². The number of para-hydroxylation sites is 1. The molecule has 0 spiro atoms. The SMILES string of the molecule is Cc1cc2cccc(N3CCCCC3)c2nc1NN. The summed E-state index contributed by atoms with van der Waals surface area (Å²) in [4.78, 5) is 7.13. The first-order valence-electron chi connectivity index (χ1n) is 6.91. The predicted octanol–water partition coefficient (Wildman–Crippen LogP) is 2.82. The van der Waals surface area contributed by atoms with E-state index in [0.717, 1.165) is 30.0 Å². The zero-order valence-electron chi connectivity index (χ0n) is 11.3. The predicted molar refractivity (Wildman–Crippen MR) is 80.4 cm³/mol. The van der Waals surface area contributed by atoms with Crippen molar-refractivity contribution >= 4 is 22.4 Å². The third kappa shape index (κ3) is 2.24. The number of fused-ring (bicyclic) bond motifs is 1. The minimum atomic E-state index is 0.761. The van der Waals surface area contributed by atoms with Crippen molar-refractivity contribution in [2.24, 2.45) is 5.84 Å². The number of nitrogens with one attached hydrogen (secondary N) is 1. The molecule has 3 N–H and O–H groups in total. The van der Waals surface area contributed by atoms with Gasteiger partial charge in [-0.15, -0.1) is 0 Å². The lowest BCUT2D eigenvalue weighted by atomic mass is 10.1. The summed E-state index contributed by atoms with van der Waals surface area (Å²) in [7, 11) is 0. The van der Waals surface area contributed by atoms with Crippen molar-refractivity contribution in [2.45, 2.75) is 26.2 Å². The molecule has 0 bridgehead atoms. The minimum Gasteiger partial charge on any atom is -0.370 e. The zero-order valence-corrected chi connectivity index (χ0v) is 11.3. The van der Waals surface area contributed by atoms with Crippen LogP contribution in [-0.2, 0) is 0 Å². The molecule has 19 heavy (non-hydrogen) atoms. The van der Waals surface area contributed by atoms with Crippen LogP contribution in [0.3, 0.4) is 0 Å². The molecule has 2 heterocycles. The van der Waals surface area contributed by atoms with E-state index >= 15 is 0 Å². The van der Waals surface area contributed by atoms with Crippen LogP contribution in [-0.4, -0.2) is 18.1 Å². The fourth-order valence-corrected chi connectivity index (χ4v) is 2.82. The van der Waals surface area contributed by atoms with Gasteiger partial charge in [-0.1, -0.05) is 12.1 Å². The molecule has 2 aromatic rings. The summed E-state index contributed by atoms with van der Waals surface area (Å²) in [5.74, 6) is 6.31. The number of nitrogens with two attached hydrogens (primary N) is 1. The maximum atomic E-state index is 5.54. The van der Waals surface area contributed by atoms with Gasteiger partial charge in [0.05, 0.1) is 11.2 Å². The summed E-state index contributed by atoms with van der Waals surface area (Å²) >= 11 is 0. The van der Waals surface area contributed by atoms with Gasteiger partial charge >= 0.3 is 0 Å². The van der Waals surface area contributed by atoms with Crippen molar-refractivity contribution in [2.75, 3.05) is 23.4 Å². The largest absolute Gasteiger partial charge is 0.370 e. The molecule has 1 aliphatic rings. The summed E-state index contributed by atoms with van der Waals surface area (Å²) in [6, 6.07) is 8.53. The lowest BCUT2D eigenvalue weighted by Gasteiger charge is -2.29. The average molecular weight is 256 g/mol. The van der Waals surface area contributed by atoms with Gasteiger partial charge in [0.25, 0.3) is 0 Å². The van der Waals surface area contributed by atoms with Gasteiger partial charge < -0.3 is 10.3 Å². The number of pyridine rings is 1. The Balaban J connectivity index is 2.13. The quantitative estimate of drug-likeness (QED) is 0.641. The number of piperidine rings is 1. The van der Waals surface area contributed by atoms with Crippen molar-refractivity contribution in [1.82, 2.24) is 4.98 Å². The third-order valence-electron chi connectivity index (χ3n) is 3.85. The molecule has 0 unspecified atom stereocenters. The van der Waals surface area contributed by atoms with Gasteiger partial charge in [-0.25, -0.2) is 10.8 Å². The number of hydrazine groups is 1. The second-order valence-electron chi connectivity index (χ2n) is 5.19. The Hall–Kier alpha value is -1.81. The maximum absolute atomic E-state index is 5.54. The lowest BCUT2D eigenvalue weighted by Crippen LogP contribution is -2.29. The van der Waals surface area contributed by atoms with Crippen molar-refractivity contribution in [1.29, 1.82) is 0 Å². The van der Waals surface area contributed by atoms with Crippen LogP contribution in [0.5, 0.6) is 0 Å². The number of hydrogen-bond acceptors (Lipinski definition) is 4. The highest BCUT2D eigenvalue weighted by Gasteiger charge is 2.15. The Kier molecular flexibility index (Phi) is 3.25. The first-order valence-corrected chi connectivity index (χ1v) is 6.91. The van der Waals surface area contributed by atoms with E-state index in [2.05, 4.69) is 34.6 Å². The monoisotopic (exact) mass is 256 g/mol. The topological polar surface area (TPSA) is 54.2 Å². The van der Waals surface area contributed by atoms with Gasteiger partial charge in [-0.2, -0.15) is 0 Å². The zero-order chi connectivity index (χ0) is 13.2. The Morgan fingerprint density at radius 2 is 2.00 bits per heavy atom. The highest BCUT2D eigenvalue weighted by atomic mass is 15.3. The van der Waals surface area contributed by atoms with E-state index in [0.29, 0.717) is 0 Å². The third-order valence-corrected chi connectivity index (χ3v) is 3.85. The molecule has 0 atom stereocenters. The summed E-state index contributed by atoms with van der Waals surface area (Å²) in [5.41, 5.74) is 6.04. The number of rotatable bonds is 2. The molecular formula is C15H20N4. The summed E-state index contributed by atoms with van der Waals surface area (Å²) in [5, 5.41) is 1.18. The fraction of sp³-hybridized carbons (Fsp3) is 0.400. The Morgan fingerprint density at radius 1 is 1.21 bits per heavy atom. The molecular weight excluding hydrogens is 236 g/mol. The second-order valence-corrected chi connectivity index (χ2v) is 5.19. The Morgan fingerprint density at radius 3 is 2.74 bits per heavy atom. The number of nitrogens with zero attached hydrogens (tertiary/aromatic N) is 2. The highest BCUT2D eigenvalue weighted by Crippen LogP contribution is 2.29. The number of aryl methyl sites for hydroxylation is 1. The van der Waals surface area contributed by atoms with E-state index in [1.54, 1.807) is 0 Å². The summed E-state index contributed by atoms with van der Waals surface area (Å²) in [6.07, 6.45) is 3.87. The molecule has 100 valence electrons. The number of hydrogen-bond donors (Lipinski definition) is 2. The number of anilines is 2. The molecule has 1 aliphatic heterocycles. The van der Waals surface area contributed by atoms with E-state index in [9.17, 15) is 0 Å². The minimum absolute atomic E-state index is 0.761. The van der Waals surface area contributed by atoms with E-state index in [4.69, 9.17) is 10.8 Å². The van der Waals surface area contributed by atoms with E-state index in [-0.39, 0.29) is 0 Å². The molecule has 4 heteroatoms. The van der Waals surface area contributed by atoms with Crippen LogP contribution >= 0.6 is 0 Å². The number of benzene rings is 1. The van der Waals surface area contributed by atoms with Crippen LogP contribution in [0.4, 0.5) is 11.5 Å². The summed E-state index contributed by atoms with van der Waals surface area (Å²) < 4.78 is 0. The van der Waals surface area contributed by atoms with Crippen LogP contribution < -0.4 is 16.2 Å². The maximum Gasteiger partial charge on any atom is 0.143 e. The molecule has 0 saturated carbocycles. The summed E-state index contributed by atoms with van der Waals surface area (Å²) in [6.45, 7) is 4.27. The van der Waals surface area contributed by atoms with Crippen molar-refractivity contribution in [3.8, 4) is 0 Å². The molecule has 0 radical (unpaired) electrons.